The molecule has 2 saturated carbocycles. The SMILES string of the molecule is Cn1c(-c2c3ccccc3c(-c3cc4ccccc4n3C)c3c(-c4ccccc4)c4ccccc4c(-c4ccccc4)c23)cc2ccccc21.c1ccc(-n2c(-c3c4ccccc4c(-c4cc5ccccc5n4-c4ccccc4)c4cc5ccccc5cc34)cc3ccccc32)cc1.c1ccc2cc3c(-c4cc5ccccc5n4C4CCCCC4)c4ccccc4c(-c4cc5ccccc5n4C4CCCCC4)c3cc2c1. The highest BCUT2D eigenvalue weighted by Gasteiger charge is 2.34. The third-order valence-corrected chi connectivity index (χ3v) is 32.4. The zero-order valence-corrected chi connectivity index (χ0v) is 81.9. The molecule has 6 heteroatoms. The summed E-state index contributed by atoms with van der Waals surface area (Å²) in [6.45, 7) is 0. The number of benzene rings is 22. The molecular formula is C140H106N6. The summed E-state index contributed by atoms with van der Waals surface area (Å²) < 4.78 is 15.1. The van der Waals surface area contributed by atoms with Crippen molar-refractivity contribution in [1.82, 2.24) is 27.4 Å². The summed E-state index contributed by atoms with van der Waals surface area (Å²) >= 11 is 0. The molecule has 0 atom stereocenters. The van der Waals surface area contributed by atoms with Gasteiger partial charge in [-0.2, -0.15) is 0 Å². The molecule has 0 radical (unpaired) electrons. The molecule has 30 rings (SSSR count). The molecule has 696 valence electrons. The minimum atomic E-state index is 0.524. The van der Waals surface area contributed by atoms with Gasteiger partial charge in [-0.15, -0.1) is 0 Å². The van der Waals surface area contributed by atoms with Gasteiger partial charge in [0, 0.05) is 136 Å². The van der Waals surface area contributed by atoms with E-state index in [-0.39, 0.29) is 0 Å². The summed E-state index contributed by atoms with van der Waals surface area (Å²) in [4.78, 5) is 0. The fourth-order valence-electron chi connectivity index (χ4n) is 25.9. The predicted octanol–water partition coefficient (Wildman–Crippen LogP) is 38.6. The molecule has 0 aliphatic heterocycles. The molecule has 6 nitrogen and oxygen atoms in total. The van der Waals surface area contributed by atoms with Gasteiger partial charge < -0.3 is 27.4 Å². The Balaban J connectivity index is 0.000000106. The minimum Gasteiger partial charge on any atom is -0.344 e. The number of aromatic nitrogens is 6. The maximum absolute atomic E-state index is 2.74. The average Bonchev–Trinajstić information content (AvgIpc) is 1.69. The van der Waals surface area contributed by atoms with Crippen LogP contribution in [-0.4, -0.2) is 27.4 Å². The van der Waals surface area contributed by atoms with E-state index in [2.05, 4.69) is 515 Å². The van der Waals surface area contributed by atoms with E-state index in [1.807, 2.05) is 0 Å². The molecule has 2 fully saturated rings. The van der Waals surface area contributed by atoms with E-state index in [1.165, 1.54) is 316 Å². The van der Waals surface area contributed by atoms with Crippen LogP contribution in [0.1, 0.15) is 76.3 Å². The van der Waals surface area contributed by atoms with Crippen LogP contribution < -0.4 is 0 Å². The Hall–Kier alpha value is -17.6. The van der Waals surface area contributed by atoms with Crippen LogP contribution in [0.4, 0.5) is 0 Å². The zero-order chi connectivity index (χ0) is 96.6. The summed E-state index contributed by atoms with van der Waals surface area (Å²) in [5, 5.41) is 30.7. The number of nitrogens with zero attached hydrogens (tertiary/aromatic N) is 6. The molecule has 0 saturated heterocycles. The van der Waals surface area contributed by atoms with Crippen molar-refractivity contribution < 1.29 is 0 Å². The number of rotatable bonds is 12. The van der Waals surface area contributed by atoms with Crippen LogP contribution >= 0.6 is 0 Å². The van der Waals surface area contributed by atoms with Gasteiger partial charge in [0.1, 0.15) is 0 Å². The van der Waals surface area contributed by atoms with Crippen LogP contribution in [-0.2, 0) is 14.1 Å². The van der Waals surface area contributed by atoms with Crippen LogP contribution in [0.5, 0.6) is 0 Å². The minimum absolute atomic E-state index is 0.524. The molecule has 0 bridgehead atoms. The smallest absolute Gasteiger partial charge is 0.0553 e. The molecule has 0 amide bonds. The second kappa shape index (κ2) is 35.8. The van der Waals surface area contributed by atoms with Gasteiger partial charge in [0.15, 0.2) is 0 Å². The van der Waals surface area contributed by atoms with E-state index >= 15 is 0 Å². The molecule has 22 aromatic carbocycles. The lowest BCUT2D eigenvalue weighted by atomic mass is 9.79. The molecule has 6 aromatic heterocycles. The van der Waals surface area contributed by atoms with Crippen LogP contribution in [0, 0.1) is 0 Å². The van der Waals surface area contributed by atoms with Gasteiger partial charge in [-0.25, -0.2) is 0 Å². The zero-order valence-electron chi connectivity index (χ0n) is 81.9. The lowest BCUT2D eigenvalue weighted by Gasteiger charge is -2.29. The molecular weight excluding hydrogens is 1770 g/mol. The predicted molar refractivity (Wildman–Crippen MR) is 622 cm³/mol. The second-order valence-corrected chi connectivity index (χ2v) is 40.5. The third kappa shape index (κ3) is 14.2. The van der Waals surface area contributed by atoms with Crippen molar-refractivity contribution in [2.45, 2.75) is 76.3 Å². The summed E-state index contributed by atoms with van der Waals surface area (Å²) in [5.74, 6) is 0. The third-order valence-electron chi connectivity index (χ3n) is 32.4. The summed E-state index contributed by atoms with van der Waals surface area (Å²) in [6, 6.07) is 176. The lowest BCUT2D eigenvalue weighted by molar-refractivity contribution is 0.363. The Labute approximate surface area is 848 Å². The summed E-state index contributed by atoms with van der Waals surface area (Å²) in [5.41, 5.74) is 30.2. The second-order valence-electron chi connectivity index (χ2n) is 40.5. The van der Waals surface area contributed by atoms with Crippen LogP contribution in [0.15, 0.2) is 473 Å². The number of para-hydroxylation sites is 8. The Morgan fingerprint density at radius 1 is 0.164 bits per heavy atom. The van der Waals surface area contributed by atoms with Crippen LogP contribution in [0.25, 0.3) is 264 Å². The number of hydrogen-bond acceptors (Lipinski definition) is 0. The summed E-state index contributed by atoms with van der Waals surface area (Å²) in [7, 11) is 4.44. The Morgan fingerprint density at radius 3 is 0.692 bits per heavy atom. The maximum atomic E-state index is 2.74. The monoisotopic (exact) mass is 1870 g/mol. The van der Waals surface area contributed by atoms with E-state index in [0.717, 1.165) is 11.4 Å². The van der Waals surface area contributed by atoms with Gasteiger partial charge in [-0.1, -0.05) is 390 Å². The van der Waals surface area contributed by atoms with Crippen molar-refractivity contribution in [3.05, 3.63) is 473 Å². The number of fused-ring (bicyclic) bond motifs is 15. The highest BCUT2D eigenvalue weighted by atomic mass is 15.0. The van der Waals surface area contributed by atoms with Crippen molar-refractivity contribution in [3.8, 4) is 101 Å². The molecule has 0 unspecified atom stereocenters. The standard InChI is InChI=1S/C48H34N2.C46H42N2.C46H30N2/c1-49-39-27-15-9-21-33(39)29-41(49)45-37-25-13-14-26-38(37)46(42-30-34-22-10-16-28-40(34)50(42)2)48-44(32-19-7-4-8-20-32)36-24-12-11-23-35(36)43(47(45)48)31-17-5-3-6-18-31;2*1-3-19-35(20-4-1)47-41-25-13-9-17-33(41)29-43(47)45-37-23-11-12-24-38(37)46(40-28-32-16-8-7-15-31(32)27-39(40)45)44-30-34-18-10-14-26-42(34)48(44)36-21-5-2-6-22-36/h3-30H,1-2H3;7-18,23-30,35-36H,1-6,19-22H2;1-30H. The van der Waals surface area contributed by atoms with Gasteiger partial charge in [-0.05, 0) is 255 Å². The maximum Gasteiger partial charge on any atom is 0.0553 e. The van der Waals surface area contributed by atoms with Crippen molar-refractivity contribution in [3.63, 3.8) is 0 Å². The van der Waals surface area contributed by atoms with Crippen molar-refractivity contribution >= 4 is 162 Å². The fourth-order valence-corrected chi connectivity index (χ4v) is 25.9. The van der Waals surface area contributed by atoms with Crippen LogP contribution in [0.3, 0.4) is 0 Å². The molecule has 2 aliphatic rings. The first kappa shape index (κ1) is 86.3. The lowest BCUT2D eigenvalue weighted by Crippen LogP contribution is -2.14. The van der Waals surface area contributed by atoms with Gasteiger partial charge in [0.2, 0.25) is 0 Å². The van der Waals surface area contributed by atoms with Gasteiger partial charge in [0.25, 0.3) is 0 Å². The van der Waals surface area contributed by atoms with E-state index in [1.54, 1.807) is 0 Å². The van der Waals surface area contributed by atoms with Gasteiger partial charge in [0.05, 0.1) is 45.2 Å². The quantitative estimate of drug-likeness (QED) is 0.109. The van der Waals surface area contributed by atoms with Gasteiger partial charge >= 0.3 is 0 Å². The normalized spacial score (nSPS) is 13.4. The van der Waals surface area contributed by atoms with Crippen molar-refractivity contribution in [2.75, 3.05) is 0 Å². The Morgan fingerprint density at radius 2 is 0.384 bits per heavy atom. The van der Waals surface area contributed by atoms with Crippen LogP contribution in [0.2, 0.25) is 0 Å². The highest BCUT2D eigenvalue weighted by Crippen LogP contribution is 2.58. The van der Waals surface area contributed by atoms with Crippen molar-refractivity contribution in [1.29, 1.82) is 0 Å². The van der Waals surface area contributed by atoms with Gasteiger partial charge in [-0.3, -0.25) is 0 Å². The fraction of sp³-hybridized carbons (Fsp3) is 0.100. The first-order valence-corrected chi connectivity index (χ1v) is 52.3. The topological polar surface area (TPSA) is 29.6 Å². The number of aryl methyl sites for hydroxylation is 2. The average molecular weight is 1870 g/mol. The Bertz CT molecular complexity index is 9470. The molecule has 0 spiro atoms. The first-order valence-electron chi connectivity index (χ1n) is 52.3. The van der Waals surface area contributed by atoms with E-state index in [0.29, 0.717) is 12.1 Å². The molecule has 0 N–H and O–H groups in total. The summed E-state index contributed by atoms with van der Waals surface area (Å²) in [6.07, 6.45) is 13.0. The van der Waals surface area contributed by atoms with Crippen molar-refractivity contribution in [2.24, 2.45) is 14.1 Å². The highest BCUT2D eigenvalue weighted by molar-refractivity contribution is 6.35. The van der Waals surface area contributed by atoms with E-state index in [4.69, 9.17) is 0 Å². The Kier molecular flexibility index (Phi) is 21.2. The first-order chi connectivity index (χ1) is 72.3. The number of hydrogen-bond donors (Lipinski definition) is 0. The molecule has 146 heavy (non-hydrogen) atoms. The van der Waals surface area contributed by atoms with E-state index in [9.17, 15) is 0 Å². The molecule has 6 heterocycles. The molecule has 2 aliphatic carbocycles. The largest absolute Gasteiger partial charge is 0.344 e. The van der Waals surface area contributed by atoms with E-state index < -0.39 is 0 Å². The molecule has 28 aromatic rings.